The molecule has 2 aliphatic rings. The molecule has 0 radical (unpaired) electrons. The van der Waals surface area contributed by atoms with Gasteiger partial charge >= 0.3 is 0 Å². The fourth-order valence-electron chi connectivity index (χ4n) is 3.38. The minimum Gasteiger partial charge on any atom is -0.491 e. The second-order valence-corrected chi connectivity index (χ2v) is 6.27. The van der Waals surface area contributed by atoms with E-state index < -0.39 is 0 Å². The third kappa shape index (κ3) is 2.38. The van der Waals surface area contributed by atoms with Crippen molar-refractivity contribution in [3.63, 3.8) is 0 Å². The maximum Gasteiger partial charge on any atom is 0.126 e. The van der Waals surface area contributed by atoms with Crippen molar-refractivity contribution in [2.75, 3.05) is 18.5 Å². The Balaban J connectivity index is 1.94. The lowest BCUT2D eigenvalue weighted by Gasteiger charge is -2.48. The number of rotatable bonds is 2. The molecule has 2 unspecified atom stereocenters. The van der Waals surface area contributed by atoms with E-state index in [1.165, 1.54) is 11.3 Å². The molecule has 2 N–H and O–H groups in total. The van der Waals surface area contributed by atoms with Crippen molar-refractivity contribution in [2.45, 2.75) is 51.5 Å². The van der Waals surface area contributed by atoms with E-state index in [0.29, 0.717) is 12.2 Å². The number of piperidine rings is 1. The van der Waals surface area contributed by atoms with Gasteiger partial charge in [0.15, 0.2) is 0 Å². The van der Waals surface area contributed by atoms with Crippen molar-refractivity contribution in [3.8, 4) is 5.75 Å². The summed E-state index contributed by atoms with van der Waals surface area (Å²) in [6.07, 6.45) is 2.78. The van der Waals surface area contributed by atoms with Crippen LogP contribution in [-0.2, 0) is 6.54 Å². The van der Waals surface area contributed by atoms with Gasteiger partial charge in [0.25, 0.3) is 0 Å². The topological polar surface area (TPSA) is 41.7 Å². The molecule has 1 saturated heterocycles. The molecule has 20 heavy (non-hydrogen) atoms. The number of hydrogen-bond donors (Lipinski definition) is 1. The average molecular weight is 275 g/mol. The van der Waals surface area contributed by atoms with Crippen LogP contribution in [0.4, 0.5) is 5.69 Å². The largest absolute Gasteiger partial charge is 0.491 e. The van der Waals surface area contributed by atoms with E-state index in [0.717, 1.165) is 31.7 Å². The van der Waals surface area contributed by atoms with Crippen LogP contribution >= 0.6 is 0 Å². The van der Waals surface area contributed by atoms with E-state index in [9.17, 15) is 0 Å². The molecular weight excluding hydrogens is 250 g/mol. The molecule has 1 aromatic carbocycles. The Bertz CT molecular complexity index is 489. The maximum atomic E-state index is 6.14. The van der Waals surface area contributed by atoms with Crippen LogP contribution in [-0.4, -0.2) is 36.8 Å². The van der Waals surface area contributed by atoms with Crippen LogP contribution in [0.15, 0.2) is 18.2 Å². The molecule has 0 aromatic heterocycles. The maximum absolute atomic E-state index is 6.14. The number of anilines is 1. The van der Waals surface area contributed by atoms with Gasteiger partial charge in [-0.1, -0.05) is 6.07 Å². The zero-order valence-electron chi connectivity index (χ0n) is 12.7. The summed E-state index contributed by atoms with van der Waals surface area (Å²) < 4.78 is 5.98. The highest BCUT2D eigenvalue weighted by Gasteiger charge is 2.35. The quantitative estimate of drug-likeness (QED) is 0.898. The molecular formula is C16H25N3O. The van der Waals surface area contributed by atoms with Crippen molar-refractivity contribution in [2.24, 2.45) is 5.73 Å². The molecule has 4 heteroatoms. The first-order chi connectivity index (χ1) is 9.56. The first kappa shape index (κ1) is 13.7. The van der Waals surface area contributed by atoms with Gasteiger partial charge in [-0.25, -0.2) is 0 Å². The fraction of sp³-hybridized carbons (Fsp3) is 0.625. The van der Waals surface area contributed by atoms with Gasteiger partial charge in [0.05, 0.1) is 12.3 Å². The molecule has 1 fully saturated rings. The van der Waals surface area contributed by atoms with E-state index in [4.69, 9.17) is 10.5 Å². The highest BCUT2D eigenvalue weighted by molar-refractivity contribution is 5.61. The second kappa shape index (κ2) is 5.26. The van der Waals surface area contributed by atoms with Crippen LogP contribution in [0.5, 0.6) is 5.75 Å². The average Bonchev–Trinajstić information content (AvgIpc) is 2.40. The molecule has 0 amide bonds. The summed E-state index contributed by atoms with van der Waals surface area (Å²) in [6.45, 7) is 6.20. The Morgan fingerprint density at radius 2 is 2.15 bits per heavy atom. The Morgan fingerprint density at radius 3 is 2.90 bits per heavy atom. The van der Waals surface area contributed by atoms with Crippen molar-refractivity contribution in [1.29, 1.82) is 0 Å². The third-order valence-corrected chi connectivity index (χ3v) is 4.38. The summed E-state index contributed by atoms with van der Waals surface area (Å²) >= 11 is 0. The molecule has 0 spiro atoms. The smallest absolute Gasteiger partial charge is 0.126 e. The minimum atomic E-state index is 0.208. The number of hydrogen-bond acceptors (Lipinski definition) is 4. The highest BCUT2D eigenvalue weighted by atomic mass is 16.5. The monoisotopic (exact) mass is 275 g/mol. The van der Waals surface area contributed by atoms with E-state index in [2.05, 4.69) is 48.9 Å². The molecule has 110 valence electrons. The Morgan fingerprint density at radius 1 is 1.35 bits per heavy atom. The molecule has 4 nitrogen and oxygen atoms in total. The summed E-state index contributed by atoms with van der Waals surface area (Å²) in [5.74, 6) is 1.03. The number of nitrogens with zero attached hydrogens (tertiary/aromatic N) is 2. The van der Waals surface area contributed by atoms with Crippen LogP contribution in [0.1, 0.15) is 32.3 Å². The van der Waals surface area contributed by atoms with Gasteiger partial charge in [0.2, 0.25) is 0 Å². The molecule has 2 atom stereocenters. The molecule has 0 aliphatic carbocycles. The Labute approximate surface area is 121 Å². The zero-order chi connectivity index (χ0) is 14.3. The van der Waals surface area contributed by atoms with Crippen molar-refractivity contribution in [3.05, 3.63) is 23.8 Å². The van der Waals surface area contributed by atoms with Crippen molar-refractivity contribution < 1.29 is 4.74 Å². The summed E-state index contributed by atoms with van der Waals surface area (Å²) in [6, 6.07) is 6.70. The van der Waals surface area contributed by atoms with Gasteiger partial charge in [0.1, 0.15) is 5.75 Å². The standard InChI is InChI=1S/C16H25N3O/c1-11(2)20-15-6-4-5-14-13(15)10-19-8-7-12(17)9-16(19)18(14)3/h4-6,11-12,16H,7-10,17H2,1-3H3. The van der Waals surface area contributed by atoms with Crippen molar-refractivity contribution in [1.82, 2.24) is 4.90 Å². The Hall–Kier alpha value is -1.26. The molecule has 2 heterocycles. The van der Waals surface area contributed by atoms with Crippen LogP contribution in [0, 0.1) is 0 Å². The minimum absolute atomic E-state index is 0.208. The second-order valence-electron chi connectivity index (χ2n) is 6.27. The zero-order valence-corrected chi connectivity index (χ0v) is 12.7. The predicted molar refractivity (Wildman–Crippen MR) is 82.0 cm³/mol. The fourth-order valence-corrected chi connectivity index (χ4v) is 3.38. The number of fused-ring (bicyclic) bond motifs is 2. The third-order valence-electron chi connectivity index (χ3n) is 4.38. The number of nitrogens with two attached hydrogens (primary N) is 1. The van der Waals surface area contributed by atoms with Crippen LogP contribution in [0.3, 0.4) is 0 Å². The summed E-state index contributed by atoms with van der Waals surface area (Å²) in [5.41, 5.74) is 8.75. The number of ether oxygens (including phenoxy) is 1. The molecule has 1 aromatic rings. The van der Waals surface area contributed by atoms with Gasteiger partial charge in [0, 0.05) is 37.4 Å². The normalized spacial score (nSPS) is 26.4. The predicted octanol–water partition coefficient (Wildman–Crippen LogP) is 2.17. The lowest BCUT2D eigenvalue weighted by Crippen LogP contribution is -2.56. The van der Waals surface area contributed by atoms with Crippen LogP contribution in [0.25, 0.3) is 0 Å². The lowest BCUT2D eigenvalue weighted by molar-refractivity contribution is 0.115. The summed E-state index contributed by atoms with van der Waals surface area (Å²) in [7, 11) is 2.17. The SMILES string of the molecule is CC(C)Oc1cccc2c1CN1CCC(N)CC1N2C. The first-order valence-electron chi connectivity index (χ1n) is 7.57. The van der Waals surface area contributed by atoms with Gasteiger partial charge < -0.3 is 15.4 Å². The van der Waals surface area contributed by atoms with E-state index in [1.54, 1.807) is 0 Å². The van der Waals surface area contributed by atoms with Gasteiger partial charge in [-0.3, -0.25) is 4.90 Å². The Kier molecular flexibility index (Phi) is 3.61. The first-order valence-corrected chi connectivity index (χ1v) is 7.57. The molecule has 2 aliphatic heterocycles. The van der Waals surface area contributed by atoms with Gasteiger partial charge in [-0.15, -0.1) is 0 Å². The van der Waals surface area contributed by atoms with Crippen molar-refractivity contribution >= 4 is 5.69 Å². The molecule has 0 bridgehead atoms. The number of benzene rings is 1. The highest BCUT2D eigenvalue weighted by Crippen LogP contribution is 2.38. The van der Waals surface area contributed by atoms with Gasteiger partial charge in [-0.2, -0.15) is 0 Å². The van der Waals surface area contributed by atoms with E-state index in [-0.39, 0.29) is 6.10 Å². The van der Waals surface area contributed by atoms with Crippen LogP contribution in [0.2, 0.25) is 0 Å². The van der Waals surface area contributed by atoms with Crippen LogP contribution < -0.4 is 15.4 Å². The summed E-state index contributed by atoms with van der Waals surface area (Å²) in [4.78, 5) is 4.89. The van der Waals surface area contributed by atoms with E-state index in [1.807, 2.05) is 0 Å². The summed E-state index contributed by atoms with van der Waals surface area (Å²) in [5, 5.41) is 0. The lowest BCUT2D eigenvalue weighted by atomic mass is 9.96. The molecule has 3 rings (SSSR count). The molecule has 0 saturated carbocycles. The van der Waals surface area contributed by atoms with Gasteiger partial charge in [-0.05, 0) is 38.8 Å². The van der Waals surface area contributed by atoms with E-state index >= 15 is 0 Å².